The summed E-state index contributed by atoms with van der Waals surface area (Å²) in [7, 11) is 0. The summed E-state index contributed by atoms with van der Waals surface area (Å²) in [6.07, 6.45) is 2.30. The van der Waals surface area contributed by atoms with Crippen molar-refractivity contribution in [1.29, 1.82) is 0 Å². The second kappa shape index (κ2) is 12.6. The first-order chi connectivity index (χ1) is 14.3. The minimum atomic E-state index is -0.789. The minimum absolute atomic E-state index is 0.143. The SMILES string of the molecule is NC(=O)N(CCCN(CCCC(=O)O)CCc1ccc(Cl)cc1)c1ccc(Br)cc1. The third kappa shape index (κ3) is 8.73. The van der Waals surface area contributed by atoms with E-state index in [0.717, 1.165) is 36.1 Å². The van der Waals surface area contributed by atoms with Crippen molar-refractivity contribution in [2.75, 3.05) is 31.1 Å². The highest BCUT2D eigenvalue weighted by molar-refractivity contribution is 9.10. The number of nitrogens with two attached hydrogens (primary N) is 1. The number of nitrogens with zero attached hydrogens (tertiary/aromatic N) is 2. The summed E-state index contributed by atoms with van der Waals surface area (Å²) in [6, 6.07) is 14.7. The first-order valence-corrected chi connectivity index (χ1v) is 11.0. The predicted molar refractivity (Wildman–Crippen MR) is 124 cm³/mol. The molecule has 2 aromatic rings. The van der Waals surface area contributed by atoms with E-state index in [0.29, 0.717) is 24.5 Å². The molecule has 2 aromatic carbocycles. The second-order valence-electron chi connectivity index (χ2n) is 7.04. The van der Waals surface area contributed by atoms with Gasteiger partial charge in [-0.2, -0.15) is 0 Å². The predicted octanol–water partition coefficient (Wildman–Crippen LogP) is 4.79. The molecule has 0 heterocycles. The van der Waals surface area contributed by atoms with Crippen LogP contribution < -0.4 is 10.6 Å². The summed E-state index contributed by atoms with van der Waals surface area (Å²) in [5.74, 6) is -0.789. The molecule has 2 amide bonds. The molecule has 30 heavy (non-hydrogen) atoms. The Morgan fingerprint density at radius 1 is 0.933 bits per heavy atom. The average molecular weight is 497 g/mol. The van der Waals surface area contributed by atoms with Gasteiger partial charge in [-0.15, -0.1) is 0 Å². The molecule has 0 unspecified atom stereocenters. The molecular weight excluding hydrogens is 470 g/mol. The molecule has 0 saturated heterocycles. The Morgan fingerprint density at radius 2 is 1.57 bits per heavy atom. The van der Waals surface area contributed by atoms with Crippen molar-refractivity contribution in [3.05, 3.63) is 63.6 Å². The van der Waals surface area contributed by atoms with E-state index < -0.39 is 12.0 Å². The molecule has 0 aliphatic heterocycles. The van der Waals surface area contributed by atoms with E-state index in [1.165, 1.54) is 5.56 Å². The number of benzene rings is 2. The highest BCUT2D eigenvalue weighted by atomic mass is 79.9. The standard InChI is InChI=1S/C22H27BrClN3O3/c23-18-6-10-20(11-7-18)27(22(25)30)15-2-14-26(13-1-3-21(28)29)16-12-17-4-8-19(24)9-5-17/h4-11H,1-3,12-16H2,(H2,25,30)(H,28,29). The van der Waals surface area contributed by atoms with Gasteiger partial charge in [0, 0.05) is 34.7 Å². The number of anilines is 1. The van der Waals surface area contributed by atoms with Gasteiger partial charge in [0.25, 0.3) is 0 Å². The van der Waals surface area contributed by atoms with Gasteiger partial charge in [-0.1, -0.05) is 39.7 Å². The molecule has 0 aliphatic rings. The van der Waals surface area contributed by atoms with Crippen molar-refractivity contribution < 1.29 is 14.7 Å². The van der Waals surface area contributed by atoms with E-state index in [1.54, 1.807) is 4.90 Å². The fraction of sp³-hybridized carbons (Fsp3) is 0.364. The molecule has 0 aromatic heterocycles. The molecule has 0 aliphatic carbocycles. The lowest BCUT2D eigenvalue weighted by atomic mass is 10.1. The monoisotopic (exact) mass is 495 g/mol. The molecule has 162 valence electrons. The second-order valence-corrected chi connectivity index (χ2v) is 8.39. The molecular formula is C22H27BrClN3O3. The number of carboxylic acid groups (broad SMARTS) is 1. The third-order valence-electron chi connectivity index (χ3n) is 4.76. The number of halogens is 2. The van der Waals surface area contributed by atoms with Crippen LogP contribution in [0.3, 0.4) is 0 Å². The maximum atomic E-state index is 11.9. The molecule has 2 rings (SSSR count). The highest BCUT2D eigenvalue weighted by Crippen LogP contribution is 2.19. The third-order valence-corrected chi connectivity index (χ3v) is 5.54. The normalized spacial score (nSPS) is 10.9. The Bertz CT molecular complexity index is 815. The molecule has 3 N–H and O–H groups in total. The molecule has 0 saturated carbocycles. The van der Waals surface area contributed by atoms with Crippen molar-refractivity contribution in [3.8, 4) is 0 Å². The van der Waals surface area contributed by atoms with E-state index in [4.69, 9.17) is 22.4 Å². The van der Waals surface area contributed by atoms with Gasteiger partial charge < -0.3 is 15.7 Å². The van der Waals surface area contributed by atoms with E-state index in [9.17, 15) is 9.59 Å². The van der Waals surface area contributed by atoms with Crippen molar-refractivity contribution in [2.45, 2.75) is 25.7 Å². The van der Waals surface area contributed by atoms with Crippen LogP contribution in [0.2, 0.25) is 5.02 Å². The number of hydrogen-bond acceptors (Lipinski definition) is 3. The maximum absolute atomic E-state index is 11.9. The van der Waals surface area contributed by atoms with Crippen molar-refractivity contribution in [1.82, 2.24) is 4.90 Å². The Balaban J connectivity index is 1.92. The van der Waals surface area contributed by atoms with Crippen LogP contribution in [0, 0.1) is 0 Å². The van der Waals surface area contributed by atoms with Crippen LogP contribution in [0.1, 0.15) is 24.8 Å². The van der Waals surface area contributed by atoms with Gasteiger partial charge in [-0.05, 0) is 74.3 Å². The lowest BCUT2D eigenvalue weighted by Crippen LogP contribution is -2.38. The zero-order valence-corrected chi connectivity index (χ0v) is 19.1. The van der Waals surface area contributed by atoms with Crippen LogP contribution in [0.4, 0.5) is 10.5 Å². The number of carbonyl (C=O) groups excluding carboxylic acids is 1. The fourth-order valence-corrected chi connectivity index (χ4v) is 3.56. The molecule has 0 atom stereocenters. The number of amides is 2. The van der Waals surface area contributed by atoms with Gasteiger partial charge in [0.1, 0.15) is 0 Å². The van der Waals surface area contributed by atoms with E-state index >= 15 is 0 Å². The van der Waals surface area contributed by atoms with Crippen LogP contribution in [-0.4, -0.2) is 48.2 Å². The number of hydrogen-bond donors (Lipinski definition) is 2. The topological polar surface area (TPSA) is 86.9 Å². The zero-order valence-electron chi connectivity index (χ0n) is 16.8. The van der Waals surface area contributed by atoms with Gasteiger partial charge in [0.05, 0.1) is 0 Å². The lowest BCUT2D eigenvalue weighted by molar-refractivity contribution is -0.137. The zero-order chi connectivity index (χ0) is 21.9. The van der Waals surface area contributed by atoms with Gasteiger partial charge in [-0.3, -0.25) is 9.69 Å². The van der Waals surface area contributed by atoms with Crippen molar-refractivity contribution >= 4 is 45.2 Å². The molecule has 6 nitrogen and oxygen atoms in total. The van der Waals surface area contributed by atoms with Crippen LogP contribution in [-0.2, 0) is 11.2 Å². The first-order valence-electron chi connectivity index (χ1n) is 9.86. The minimum Gasteiger partial charge on any atom is -0.481 e. The van der Waals surface area contributed by atoms with Gasteiger partial charge in [-0.25, -0.2) is 4.79 Å². The Labute approximate surface area is 190 Å². The molecule has 8 heteroatoms. The van der Waals surface area contributed by atoms with Gasteiger partial charge in [0.2, 0.25) is 0 Å². The van der Waals surface area contributed by atoms with Gasteiger partial charge >= 0.3 is 12.0 Å². The summed E-state index contributed by atoms with van der Waals surface area (Å²) < 4.78 is 0.933. The Hall–Kier alpha value is -2.09. The van der Waals surface area contributed by atoms with Crippen LogP contribution >= 0.6 is 27.5 Å². The number of carbonyl (C=O) groups is 2. The summed E-state index contributed by atoms with van der Waals surface area (Å²) in [6.45, 7) is 2.73. The van der Waals surface area contributed by atoms with Crippen molar-refractivity contribution in [2.24, 2.45) is 5.73 Å². The molecule has 0 spiro atoms. The Kier molecular flexibility index (Phi) is 10.1. The quantitative estimate of drug-likeness (QED) is 0.442. The highest BCUT2D eigenvalue weighted by Gasteiger charge is 2.13. The molecule has 0 bridgehead atoms. The lowest BCUT2D eigenvalue weighted by Gasteiger charge is -2.25. The van der Waals surface area contributed by atoms with Crippen LogP contribution in [0.5, 0.6) is 0 Å². The summed E-state index contributed by atoms with van der Waals surface area (Å²) >= 11 is 9.33. The van der Waals surface area contributed by atoms with Crippen molar-refractivity contribution in [3.63, 3.8) is 0 Å². The van der Waals surface area contributed by atoms with Crippen LogP contribution in [0.25, 0.3) is 0 Å². The van der Waals surface area contributed by atoms with Crippen LogP contribution in [0.15, 0.2) is 53.0 Å². The fourth-order valence-electron chi connectivity index (χ4n) is 3.17. The summed E-state index contributed by atoms with van der Waals surface area (Å²) in [5, 5.41) is 9.63. The maximum Gasteiger partial charge on any atom is 0.319 e. The number of urea groups is 1. The Morgan fingerprint density at radius 3 is 2.17 bits per heavy atom. The smallest absolute Gasteiger partial charge is 0.319 e. The van der Waals surface area contributed by atoms with E-state index in [1.807, 2.05) is 48.5 Å². The van der Waals surface area contributed by atoms with E-state index in [-0.39, 0.29) is 6.42 Å². The first kappa shape index (κ1) is 24.2. The van der Waals surface area contributed by atoms with E-state index in [2.05, 4.69) is 20.8 Å². The number of carboxylic acids is 1. The summed E-state index contributed by atoms with van der Waals surface area (Å²) in [5.41, 5.74) is 7.50. The molecule has 0 radical (unpaired) electrons. The number of aliphatic carboxylic acids is 1. The average Bonchev–Trinajstić information content (AvgIpc) is 2.70. The number of primary amides is 1. The largest absolute Gasteiger partial charge is 0.481 e. The molecule has 0 fully saturated rings. The van der Waals surface area contributed by atoms with Gasteiger partial charge in [0.15, 0.2) is 0 Å². The summed E-state index contributed by atoms with van der Waals surface area (Å²) in [4.78, 5) is 26.5. The number of rotatable bonds is 12.